The molecule has 0 aliphatic carbocycles. The molecule has 2 N–H and O–H groups in total. The maximum absolute atomic E-state index is 12.1. The van der Waals surface area contributed by atoms with Crippen LogP contribution in [0.2, 0.25) is 0 Å². The van der Waals surface area contributed by atoms with E-state index in [0.29, 0.717) is 18.5 Å². The Labute approximate surface area is 164 Å². The molecule has 1 atom stereocenters. The molecule has 2 rings (SSSR count). The van der Waals surface area contributed by atoms with Gasteiger partial charge >= 0.3 is 6.18 Å². The van der Waals surface area contributed by atoms with Gasteiger partial charge < -0.3 is 15.4 Å². The number of alkyl halides is 3. The van der Waals surface area contributed by atoms with E-state index in [1.54, 1.807) is 13.1 Å². The lowest BCUT2D eigenvalue weighted by Crippen LogP contribution is -2.45. The zero-order valence-corrected chi connectivity index (χ0v) is 16.6. The largest absolute Gasteiger partial charge is 0.468 e. The molecule has 0 radical (unpaired) electrons. The molecule has 2 heterocycles. The van der Waals surface area contributed by atoms with Gasteiger partial charge in [0.15, 0.2) is 12.6 Å². The van der Waals surface area contributed by atoms with E-state index in [2.05, 4.69) is 37.2 Å². The molecular weight excluding hydrogens is 371 g/mol. The zero-order chi connectivity index (χ0) is 20.4. The monoisotopic (exact) mass is 401 g/mol. The molecule has 0 amide bonds. The molecule has 1 fully saturated rings. The van der Waals surface area contributed by atoms with Gasteiger partial charge in [-0.25, -0.2) is 4.98 Å². The van der Waals surface area contributed by atoms with Crippen molar-refractivity contribution in [3.05, 3.63) is 23.9 Å². The molecule has 1 aromatic rings. The number of halogens is 3. The number of piperidine rings is 1. The molecule has 1 aromatic heterocycles. The van der Waals surface area contributed by atoms with Gasteiger partial charge in [-0.2, -0.15) is 13.2 Å². The van der Waals surface area contributed by atoms with Crippen LogP contribution in [0.5, 0.6) is 5.88 Å². The summed E-state index contributed by atoms with van der Waals surface area (Å²) in [5.41, 5.74) is 0.824. The summed E-state index contributed by atoms with van der Waals surface area (Å²) in [7, 11) is 1.71. The van der Waals surface area contributed by atoms with Crippen LogP contribution in [0.4, 0.5) is 13.2 Å². The number of rotatable bonds is 8. The highest BCUT2D eigenvalue weighted by molar-refractivity contribution is 5.79. The number of likely N-dealkylation sites (tertiary alicyclic amines) is 1. The molecule has 9 heteroatoms. The lowest BCUT2D eigenvalue weighted by atomic mass is 10.0. The van der Waals surface area contributed by atoms with E-state index < -0.39 is 12.8 Å². The zero-order valence-electron chi connectivity index (χ0n) is 16.6. The Morgan fingerprint density at radius 3 is 2.79 bits per heavy atom. The first-order valence-corrected chi connectivity index (χ1v) is 9.74. The van der Waals surface area contributed by atoms with Crippen molar-refractivity contribution in [2.75, 3.05) is 33.3 Å². The summed E-state index contributed by atoms with van der Waals surface area (Å²) in [6.45, 7) is 4.30. The molecule has 0 saturated carbocycles. The second kappa shape index (κ2) is 11.1. The van der Waals surface area contributed by atoms with Gasteiger partial charge in [-0.05, 0) is 31.4 Å². The Bertz CT molecular complexity index is 607. The fourth-order valence-corrected chi connectivity index (χ4v) is 3.30. The van der Waals surface area contributed by atoms with Crippen LogP contribution in [-0.4, -0.2) is 61.4 Å². The van der Waals surface area contributed by atoms with Gasteiger partial charge in [-0.15, -0.1) is 0 Å². The number of aliphatic imine (C=N–C) groups is 1. The van der Waals surface area contributed by atoms with Crippen molar-refractivity contribution in [1.82, 2.24) is 20.5 Å². The Balaban J connectivity index is 1.71. The summed E-state index contributed by atoms with van der Waals surface area (Å²) < 4.78 is 41.0. The van der Waals surface area contributed by atoms with Gasteiger partial charge in [-0.1, -0.05) is 19.4 Å². The normalized spacial score (nSPS) is 18.8. The smallest absolute Gasteiger partial charge is 0.422 e. The number of hydrogen-bond donors (Lipinski definition) is 2. The van der Waals surface area contributed by atoms with Crippen LogP contribution in [0.1, 0.15) is 38.2 Å². The highest BCUT2D eigenvalue weighted by Crippen LogP contribution is 2.18. The average molecular weight is 401 g/mol. The van der Waals surface area contributed by atoms with E-state index in [4.69, 9.17) is 0 Å². The SMILES string of the molecule is CCC1CCCCN1CCNC(=NC)NCc1ccc(OCC(F)(F)F)nc1. The maximum atomic E-state index is 12.1. The number of guanidine groups is 1. The Morgan fingerprint density at radius 2 is 2.14 bits per heavy atom. The molecule has 6 nitrogen and oxygen atoms in total. The Morgan fingerprint density at radius 1 is 1.32 bits per heavy atom. The summed E-state index contributed by atoms with van der Waals surface area (Å²) in [4.78, 5) is 10.6. The third-order valence-electron chi connectivity index (χ3n) is 4.78. The predicted molar refractivity (Wildman–Crippen MR) is 103 cm³/mol. The minimum absolute atomic E-state index is 0.0457. The minimum Gasteiger partial charge on any atom is -0.468 e. The number of nitrogens with zero attached hydrogens (tertiary/aromatic N) is 3. The quantitative estimate of drug-likeness (QED) is 0.518. The number of pyridine rings is 1. The van der Waals surface area contributed by atoms with Crippen LogP contribution in [0, 0.1) is 0 Å². The van der Waals surface area contributed by atoms with Crippen molar-refractivity contribution >= 4 is 5.96 Å². The van der Waals surface area contributed by atoms with E-state index >= 15 is 0 Å². The molecule has 0 bridgehead atoms. The fourth-order valence-electron chi connectivity index (χ4n) is 3.30. The topological polar surface area (TPSA) is 61.8 Å². The van der Waals surface area contributed by atoms with Crippen molar-refractivity contribution in [1.29, 1.82) is 0 Å². The number of nitrogens with one attached hydrogen (secondary N) is 2. The van der Waals surface area contributed by atoms with Crippen molar-refractivity contribution in [2.45, 2.75) is 51.4 Å². The molecule has 1 saturated heterocycles. The minimum atomic E-state index is -4.37. The van der Waals surface area contributed by atoms with Gasteiger partial charge in [0, 0.05) is 45.0 Å². The van der Waals surface area contributed by atoms with Gasteiger partial charge in [-0.3, -0.25) is 9.89 Å². The number of ether oxygens (including phenoxy) is 1. The summed E-state index contributed by atoms with van der Waals surface area (Å²) in [5, 5.41) is 6.49. The van der Waals surface area contributed by atoms with Crippen molar-refractivity contribution in [2.24, 2.45) is 4.99 Å². The molecular formula is C19H30F3N5O. The molecule has 1 aliphatic rings. The fraction of sp³-hybridized carbons (Fsp3) is 0.684. The van der Waals surface area contributed by atoms with Crippen LogP contribution in [-0.2, 0) is 6.54 Å². The Hall–Kier alpha value is -2.03. The lowest BCUT2D eigenvalue weighted by Gasteiger charge is -2.35. The van der Waals surface area contributed by atoms with Gasteiger partial charge in [0.1, 0.15) is 0 Å². The van der Waals surface area contributed by atoms with Gasteiger partial charge in [0.2, 0.25) is 5.88 Å². The summed E-state index contributed by atoms with van der Waals surface area (Å²) in [6.07, 6.45) is 2.16. The molecule has 158 valence electrons. The molecule has 28 heavy (non-hydrogen) atoms. The van der Waals surface area contributed by atoms with Crippen LogP contribution in [0.3, 0.4) is 0 Å². The lowest BCUT2D eigenvalue weighted by molar-refractivity contribution is -0.154. The molecule has 0 spiro atoms. The molecule has 1 unspecified atom stereocenters. The first kappa shape index (κ1) is 22.3. The highest BCUT2D eigenvalue weighted by atomic mass is 19.4. The second-order valence-corrected chi connectivity index (χ2v) is 6.85. The molecule has 0 aromatic carbocycles. The third-order valence-corrected chi connectivity index (χ3v) is 4.78. The van der Waals surface area contributed by atoms with Crippen LogP contribution < -0.4 is 15.4 Å². The van der Waals surface area contributed by atoms with E-state index in [9.17, 15) is 13.2 Å². The van der Waals surface area contributed by atoms with Gasteiger partial charge in [0.25, 0.3) is 0 Å². The van der Waals surface area contributed by atoms with E-state index in [0.717, 1.165) is 25.2 Å². The van der Waals surface area contributed by atoms with E-state index in [-0.39, 0.29) is 5.88 Å². The highest BCUT2D eigenvalue weighted by Gasteiger charge is 2.28. The first-order chi connectivity index (χ1) is 13.4. The van der Waals surface area contributed by atoms with Crippen molar-refractivity contribution in [3.63, 3.8) is 0 Å². The van der Waals surface area contributed by atoms with E-state index in [1.807, 2.05) is 0 Å². The van der Waals surface area contributed by atoms with Crippen LogP contribution in [0.15, 0.2) is 23.3 Å². The summed E-state index contributed by atoms with van der Waals surface area (Å²) in [5.74, 6) is 0.637. The van der Waals surface area contributed by atoms with Gasteiger partial charge in [0.05, 0.1) is 0 Å². The standard InChI is InChI=1S/C19H30F3N5O/c1-3-16-6-4-5-10-27(16)11-9-24-18(23-2)26-13-15-7-8-17(25-12-15)28-14-19(20,21)22/h7-8,12,16H,3-6,9-11,13-14H2,1-2H3,(H2,23,24,26). The molecule has 1 aliphatic heterocycles. The predicted octanol–water partition coefficient (Wildman–Crippen LogP) is 2.95. The summed E-state index contributed by atoms with van der Waals surface area (Å²) >= 11 is 0. The number of hydrogen-bond acceptors (Lipinski definition) is 4. The van der Waals surface area contributed by atoms with Crippen molar-refractivity contribution in [3.8, 4) is 5.88 Å². The maximum Gasteiger partial charge on any atom is 0.422 e. The van der Waals surface area contributed by atoms with Crippen molar-refractivity contribution < 1.29 is 17.9 Å². The number of aromatic nitrogens is 1. The average Bonchev–Trinajstić information content (AvgIpc) is 2.69. The summed E-state index contributed by atoms with van der Waals surface area (Å²) in [6, 6.07) is 3.79. The van der Waals surface area contributed by atoms with E-state index in [1.165, 1.54) is 37.9 Å². The first-order valence-electron chi connectivity index (χ1n) is 9.74. The van der Waals surface area contributed by atoms with Crippen LogP contribution >= 0.6 is 0 Å². The van der Waals surface area contributed by atoms with Crippen LogP contribution in [0.25, 0.3) is 0 Å². The Kier molecular flexibility index (Phi) is 8.82. The third kappa shape index (κ3) is 7.92. The second-order valence-electron chi connectivity index (χ2n) is 6.85.